The highest BCUT2D eigenvalue weighted by Crippen LogP contribution is 2.20. The largest absolute Gasteiger partial charge is 0.377 e. The van der Waals surface area contributed by atoms with Gasteiger partial charge in [0.15, 0.2) is 0 Å². The highest BCUT2D eigenvalue weighted by atomic mass is 16.5. The van der Waals surface area contributed by atoms with Gasteiger partial charge in [-0.2, -0.15) is 0 Å². The first-order valence-corrected chi connectivity index (χ1v) is 7.65. The molecule has 0 radical (unpaired) electrons. The van der Waals surface area contributed by atoms with E-state index in [1.165, 1.54) is 0 Å². The van der Waals surface area contributed by atoms with Crippen molar-refractivity contribution >= 4 is 5.91 Å². The fraction of sp³-hybridized carbons (Fsp3) is 0.933. The van der Waals surface area contributed by atoms with E-state index < -0.39 is 0 Å². The van der Waals surface area contributed by atoms with Gasteiger partial charge < -0.3 is 9.64 Å². The van der Waals surface area contributed by atoms with Crippen molar-refractivity contribution in [3.05, 3.63) is 0 Å². The fourth-order valence-electron chi connectivity index (χ4n) is 2.51. The number of hydrogen-bond acceptors (Lipinski definition) is 3. The Morgan fingerprint density at radius 2 is 2.00 bits per heavy atom. The zero-order valence-corrected chi connectivity index (χ0v) is 13.1. The van der Waals surface area contributed by atoms with E-state index in [9.17, 15) is 4.79 Å². The van der Waals surface area contributed by atoms with E-state index in [0.29, 0.717) is 19.1 Å². The average molecular weight is 270 g/mol. The Morgan fingerprint density at radius 1 is 1.32 bits per heavy atom. The summed E-state index contributed by atoms with van der Waals surface area (Å²) in [6.45, 7) is 11.8. The standard InChI is InChI=1S/C15H30N2O2/c1-6-7-8-13-15(18)17(9-10-19-12(4)5)14(16-13)11(2)3/h11-14,16H,6-10H2,1-5H3. The van der Waals surface area contributed by atoms with Crippen LogP contribution in [0, 0.1) is 5.92 Å². The first-order valence-electron chi connectivity index (χ1n) is 7.65. The lowest BCUT2D eigenvalue weighted by atomic mass is 10.1. The summed E-state index contributed by atoms with van der Waals surface area (Å²) in [5.74, 6) is 0.675. The Hall–Kier alpha value is -0.610. The van der Waals surface area contributed by atoms with Crippen LogP contribution in [0.3, 0.4) is 0 Å². The summed E-state index contributed by atoms with van der Waals surface area (Å²) in [6, 6.07) is 0.00593. The molecule has 1 aliphatic heterocycles. The molecule has 1 N–H and O–H groups in total. The van der Waals surface area contributed by atoms with Crippen molar-refractivity contribution in [2.45, 2.75) is 72.2 Å². The van der Waals surface area contributed by atoms with Gasteiger partial charge in [0.2, 0.25) is 5.91 Å². The summed E-state index contributed by atoms with van der Waals surface area (Å²) in [4.78, 5) is 14.4. The van der Waals surface area contributed by atoms with Crippen molar-refractivity contribution in [3.63, 3.8) is 0 Å². The molecule has 4 heteroatoms. The quantitative estimate of drug-likeness (QED) is 0.736. The predicted molar refractivity (Wildman–Crippen MR) is 77.9 cm³/mol. The summed E-state index contributed by atoms with van der Waals surface area (Å²) < 4.78 is 5.57. The second-order valence-corrected chi connectivity index (χ2v) is 6.00. The maximum absolute atomic E-state index is 12.4. The summed E-state index contributed by atoms with van der Waals surface area (Å²) >= 11 is 0. The number of carbonyl (C=O) groups excluding carboxylic acids is 1. The summed E-state index contributed by atoms with van der Waals surface area (Å²) in [7, 11) is 0. The molecular formula is C15H30N2O2. The van der Waals surface area contributed by atoms with Crippen LogP contribution in [0.25, 0.3) is 0 Å². The summed E-state index contributed by atoms with van der Waals surface area (Å²) in [5, 5.41) is 3.48. The molecule has 0 aromatic rings. The van der Waals surface area contributed by atoms with Crippen LogP contribution in [-0.2, 0) is 9.53 Å². The van der Waals surface area contributed by atoms with E-state index in [1.807, 2.05) is 18.7 Å². The van der Waals surface area contributed by atoms with Gasteiger partial charge in [-0.25, -0.2) is 0 Å². The van der Waals surface area contributed by atoms with Gasteiger partial charge in [-0.15, -0.1) is 0 Å². The van der Waals surface area contributed by atoms with Crippen molar-refractivity contribution in [1.82, 2.24) is 10.2 Å². The zero-order valence-electron chi connectivity index (χ0n) is 13.1. The molecule has 4 nitrogen and oxygen atoms in total. The third-order valence-electron chi connectivity index (χ3n) is 3.55. The number of carbonyl (C=O) groups is 1. The Morgan fingerprint density at radius 3 is 2.53 bits per heavy atom. The Kier molecular flexibility index (Phi) is 6.80. The van der Waals surface area contributed by atoms with Crippen LogP contribution in [-0.4, -0.2) is 42.3 Å². The highest BCUT2D eigenvalue weighted by molar-refractivity contribution is 5.84. The molecular weight excluding hydrogens is 240 g/mol. The van der Waals surface area contributed by atoms with Crippen LogP contribution in [0.4, 0.5) is 0 Å². The molecule has 0 saturated carbocycles. The number of nitrogens with one attached hydrogen (secondary N) is 1. The summed E-state index contributed by atoms with van der Waals surface area (Å²) in [6.07, 6.45) is 3.56. The maximum atomic E-state index is 12.4. The Bertz CT molecular complexity index is 279. The van der Waals surface area contributed by atoms with Crippen molar-refractivity contribution in [1.29, 1.82) is 0 Å². The molecule has 1 heterocycles. The normalized spacial score (nSPS) is 23.9. The number of unbranched alkanes of at least 4 members (excludes halogenated alkanes) is 1. The molecule has 2 unspecified atom stereocenters. The maximum Gasteiger partial charge on any atom is 0.241 e. The van der Waals surface area contributed by atoms with Gasteiger partial charge in [0, 0.05) is 6.54 Å². The van der Waals surface area contributed by atoms with Gasteiger partial charge in [-0.1, -0.05) is 33.6 Å². The molecule has 112 valence electrons. The SMILES string of the molecule is CCCCC1NC(C(C)C)N(CCOC(C)C)C1=O. The smallest absolute Gasteiger partial charge is 0.241 e. The zero-order chi connectivity index (χ0) is 14.4. The molecule has 0 aromatic heterocycles. The van der Waals surface area contributed by atoms with Crippen molar-refractivity contribution < 1.29 is 9.53 Å². The molecule has 2 atom stereocenters. The minimum atomic E-state index is 0.00593. The molecule has 1 saturated heterocycles. The van der Waals surface area contributed by atoms with Gasteiger partial charge in [0.05, 0.1) is 24.9 Å². The van der Waals surface area contributed by atoms with E-state index in [2.05, 4.69) is 26.1 Å². The van der Waals surface area contributed by atoms with E-state index in [4.69, 9.17) is 4.74 Å². The van der Waals surface area contributed by atoms with Crippen LogP contribution in [0.15, 0.2) is 0 Å². The first kappa shape index (κ1) is 16.4. The van der Waals surface area contributed by atoms with E-state index in [1.54, 1.807) is 0 Å². The number of hydrogen-bond donors (Lipinski definition) is 1. The van der Waals surface area contributed by atoms with Crippen molar-refractivity contribution in [2.75, 3.05) is 13.2 Å². The van der Waals surface area contributed by atoms with E-state index in [0.717, 1.165) is 19.3 Å². The van der Waals surface area contributed by atoms with Crippen LogP contribution < -0.4 is 5.32 Å². The monoisotopic (exact) mass is 270 g/mol. The lowest BCUT2D eigenvalue weighted by Crippen LogP contribution is -2.43. The van der Waals surface area contributed by atoms with Crippen LogP contribution >= 0.6 is 0 Å². The second kappa shape index (κ2) is 7.85. The topological polar surface area (TPSA) is 41.6 Å². The Balaban J connectivity index is 2.56. The molecule has 0 aliphatic carbocycles. The van der Waals surface area contributed by atoms with Gasteiger partial charge in [0.1, 0.15) is 0 Å². The molecule has 1 rings (SSSR count). The van der Waals surface area contributed by atoms with Crippen LogP contribution in [0.1, 0.15) is 53.9 Å². The van der Waals surface area contributed by atoms with Gasteiger partial charge in [0.25, 0.3) is 0 Å². The second-order valence-electron chi connectivity index (χ2n) is 6.00. The molecule has 1 aliphatic rings. The predicted octanol–water partition coefficient (Wildman–Crippen LogP) is 2.38. The molecule has 0 spiro atoms. The lowest BCUT2D eigenvalue weighted by Gasteiger charge is -2.27. The number of amides is 1. The Labute approximate surface area is 117 Å². The van der Waals surface area contributed by atoms with E-state index in [-0.39, 0.29) is 24.2 Å². The third kappa shape index (κ3) is 4.77. The van der Waals surface area contributed by atoms with Crippen molar-refractivity contribution in [2.24, 2.45) is 5.92 Å². The molecule has 19 heavy (non-hydrogen) atoms. The van der Waals surface area contributed by atoms with Gasteiger partial charge >= 0.3 is 0 Å². The fourth-order valence-corrected chi connectivity index (χ4v) is 2.51. The number of rotatable bonds is 8. The van der Waals surface area contributed by atoms with Gasteiger partial charge in [-0.3, -0.25) is 10.1 Å². The van der Waals surface area contributed by atoms with Crippen LogP contribution in [0.2, 0.25) is 0 Å². The average Bonchev–Trinajstić information content (AvgIpc) is 2.64. The minimum Gasteiger partial charge on any atom is -0.377 e. The lowest BCUT2D eigenvalue weighted by molar-refractivity contribution is -0.131. The molecule has 0 aromatic carbocycles. The van der Waals surface area contributed by atoms with Gasteiger partial charge in [-0.05, 0) is 26.2 Å². The number of ether oxygens (including phenoxy) is 1. The molecule has 1 amide bonds. The summed E-state index contributed by atoms with van der Waals surface area (Å²) in [5.41, 5.74) is 0. The highest BCUT2D eigenvalue weighted by Gasteiger charge is 2.39. The number of nitrogens with zero attached hydrogens (tertiary/aromatic N) is 1. The van der Waals surface area contributed by atoms with E-state index >= 15 is 0 Å². The molecule has 0 bridgehead atoms. The van der Waals surface area contributed by atoms with Crippen molar-refractivity contribution in [3.8, 4) is 0 Å². The third-order valence-corrected chi connectivity index (χ3v) is 3.55. The van der Waals surface area contributed by atoms with Crippen LogP contribution in [0.5, 0.6) is 0 Å². The minimum absolute atomic E-state index is 0.00593. The molecule has 1 fully saturated rings. The first-order chi connectivity index (χ1) is 8.97.